The molecule has 1 aromatic heterocycles. The molecule has 2 heterocycles. The second-order valence-electron chi connectivity index (χ2n) is 3.81. The van der Waals surface area contributed by atoms with Crippen molar-refractivity contribution in [3.05, 3.63) is 23.4 Å². The van der Waals surface area contributed by atoms with Crippen LogP contribution in [0.4, 0.5) is 0 Å². The zero-order valence-corrected chi connectivity index (χ0v) is 9.33. The fraction of sp³-hybridized carbons (Fsp3) is 0.545. The molecule has 0 bridgehead atoms. The monoisotopic (exact) mass is 226 g/mol. The lowest BCUT2D eigenvalue weighted by atomic mass is 10.1. The Morgan fingerprint density at radius 1 is 1.53 bits per heavy atom. The van der Waals surface area contributed by atoms with Crippen LogP contribution in [0.2, 0.25) is 5.02 Å². The first-order valence-electron chi connectivity index (χ1n) is 5.29. The molecule has 0 spiro atoms. The van der Waals surface area contributed by atoms with Crippen molar-refractivity contribution in [1.29, 1.82) is 0 Å². The third-order valence-corrected chi connectivity index (χ3v) is 2.86. The molecule has 1 saturated heterocycles. The molecule has 0 amide bonds. The molecule has 1 fully saturated rings. The van der Waals surface area contributed by atoms with Crippen LogP contribution in [-0.4, -0.2) is 24.7 Å². The van der Waals surface area contributed by atoms with Crippen LogP contribution in [0.5, 0.6) is 5.88 Å². The highest BCUT2D eigenvalue weighted by Gasteiger charge is 2.13. The second kappa shape index (κ2) is 5.33. The summed E-state index contributed by atoms with van der Waals surface area (Å²) in [4.78, 5) is 4.07. The fourth-order valence-electron chi connectivity index (χ4n) is 1.74. The number of nitrogens with zero attached hydrogens (tertiary/aromatic N) is 1. The lowest BCUT2D eigenvalue weighted by molar-refractivity contribution is 0.274. The number of hydrogen-bond donors (Lipinski definition) is 1. The summed E-state index contributed by atoms with van der Waals surface area (Å²) in [6.07, 6.45) is 3.96. The van der Waals surface area contributed by atoms with Gasteiger partial charge in [-0.2, -0.15) is 0 Å². The summed E-state index contributed by atoms with van der Waals surface area (Å²) < 4.78 is 5.53. The van der Waals surface area contributed by atoms with E-state index in [-0.39, 0.29) is 0 Å². The minimum atomic E-state index is 0.641. The van der Waals surface area contributed by atoms with Crippen LogP contribution >= 0.6 is 11.6 Å². The first-order chi connectivity index (χ1) is 7.34. The van der Waals surface area contributed by atoms with Gasteiger partial charge in [0.05, 0.1) is 11.6 Å². The molecular formula is C11H15ClN2O. The Balaban J connectivity index is 1.71. The van der Waals surface area contributed by atoms with Crippen molar-refractivity contribution in [1.82, 2.24) is 10.3 Å². The minimum Gasteiger partial charge on any atom is -0.478 e. The zero-order valence-electron chi connectivity index (χ0n) is 8.58. The SMILES string of the molecule is Clc1ccc(OCCC2CCNC2)nc1. The smallest absolute Gasteiger partial charge is 0.213 e. The van der Waals surface area contributed by atoms with E-state index in [1.54, 1.807) is 18.3 Å². The lowest BCUT2D eigenvalue weighted by Gasteiger charge is -2.08. The van der Waals surface area contributed by atoms with Gasteiger partial charge in [-0.25, -0.2) is 4.98 Å². The number of hydrogen-bond acceptors (Lipinski definition) is 3. The Morgan fingerprint density at radius 2 is 2.47 bits per heavy atom. The van der Waals surface area contributed by atoms with Gasteiger partial charge in [0, 0.05) is 12.3 Å². The summed E-state index contributed by atoms with van der Waals surface area (Å²) >= 11 is 5.72. The molecule has 1 aliphatic heterocycles. The molecular weight excluding hydrogens is 212 g/mol. The molecule has 1 aliphatic rings. The van der Waals surface area contributed by atoms with Crippen molar-refractivity contribution in [2.24, 2.45) is 5.92 Å². The van der Waals surface area contributed by atoms with E-state index in [0.717, 1.165) is 32.0 Å². The highest BCUT2D eigenvalue weighted by atomic mass is 35.5. The van der Waals surface area contributed by atoms with Gasteiger partial charge in [-0.3, -0.25) is 0 Å². The molecule has 0 aliphatic carbocycles. The maximum Gasteiger partial charge on any atom is 0.213 e. The number of nitrogens with one attached hydrogen (secondary N) is 1. The molecule has 3 nitrogen and oxygen atoms in total. The minimum absolute atomic E-state index is 0.641. The van der Waals surface area contributed by atoms with Crippen molar-refractivity contribution in [3.8, 4) is 5.88 Å². The topological polar surface area (TPSA) is 34.1 Å². The molecule has 1 atom stereocenters. The summed E-state index contributed by atoms with van der Waals surface area (Å²) in [7, 11) is 0. The van der Waals surface area contributed by atoms with E-state index >= 15 is 0 Å². The van der Waals surface area contributed by atoms with Crippen LogP contribution < -0.4 is 10.1 Å². The van der Waals surface area contributed by atoms with Gasteiger partial charge in [-0.15, -0.1) is 0 Å². The molecule has 1 N–H and O–H groups in total. The van der Waals surface area contributed by atoms with E-state index < -0.39 is 0 Å². The van der Waals surface area contributed by atoms with Crippen molar-refractivity contribution in [2.45, 2.75) is 12.8 Å². The Bertz CT molecular complexity index is 296. The van der Waals surface area contributed by atoms with Crippen LogP contribution in [-0.2, 0) is 0 Å². The Kier molecular flexibility index (Phi) is 3.80. The molecule has 0 aromatic carbocycles. The largest absolute Gasteiger partial charge is 0.478 e. The highest BCUT2D eigenvalue weighted by molar-refractivity contribution is 6.30. The Labute approximate surface area is 94.8 Å². The number of ether oxygens (including phenoxy) is 1. The van der Waals surface area contributed by atoms with Gasteiger partial charge >= 0.3 is 0 Å². The van der Waals surface area contributed by atoms with E-state index in [4.69, 9.17) is 16.3 Å². The predicted octanol–water partition coefficient (Wildman–Crippen LogP) is 2.11. The van der Waals surface area contributed by atoms with Crippen LogP contribution in [0.1, 0.15) is 12.8 Å². The summed E-state index contributed by atoms with van der Waals surface area (Å²) in [6.45, 7) is 3.00. The van der Waals surface area contributed by atoms with Gasteiger partial charge in [0.2, 0.25) is 5.88 Å². The van der Waals surface area contributed by atoms with Gasteiger partial charge in [0.1, 0.15) is 0 Å². The zero-order chi connectivity index (χ0) is 10.5. The Hall–Kier alpha value is -0.800. The van der Waals surface area contributed by atoms with E-state index in [1.165, 1.54) is 6.42 Å². The number of rotatable bonds is 4. The van der Waals surface area contributed by atoms with Crippen molar-refractivity contribution >= 4 is 11.6 Å². The summed E-state index contributed by atoms with van der Waals surface area (Å²) in [5.74, 6) is 1.42. The highest BCUT2D eigenvalue weighted by Crippen LogP contribution is 2.14. The van der Waals surface area contributed by atoms with Crippen molar-refractivity contribution < 1.29 is 4.74 Å². The van der Waals surface area contributed by atoms with Crippen LogP contribution in [0.25, 0.3) is 0 Å². The first kappa shape index (κ1) is 10.7. The maximum absolute atomic E-state index is 5.72. The molecule has 82 valence electrons. The quantitative estimate of drug-likeness (QED) is 0.854. The number of halogens is 1. The molecule has 0 radical (unpaired) electrons. The average molecular weight is 227 g/mol. The number of pyridine rings is 1. The third-order valence-electron chi connectivity index (χ3n) is 2.64. The Morgan fingerprint density at radius 3 is 3.13 bits per heavy atom. The van der Waals surface area contributed by atoms with E-state index in [0.29, 0.717) is 10.9 Å². The number of aromatic nitrogens is 1. The fourth-order valence-corrected chi connectivity index (χ4v) is 1.85. The average Bonchev–Trinajstić information content (AvgIpc) is 2.74. The van der Waals surface area contributed by atoms with Crippen LogP contribution in [0, 0.1) is 5.92 Å². The second-order valence-corrected chi connectivity index (χ2v) is 4.25. The molecule has 2 rings (SSSR count). The standard InChI is InChI=1S/C11H15ClN2O/c12-10-1-2-11(14-8-10)15-6-4-9-3-5-13-7-9/h1-2,8-9,13H,3-7H2. The molecule has 15 heavy (non-hydrogen) atoms. The summed E-state index contributed by atoms with van der Waals surface area (Å²) in [5.41, 5.74) is 0. The molecule has 0 saturated carbocycles. The maximum atomic E-state index is 5.72. The van der Waals surface area contributed by atoms with E-state index in [9.17, 15) is 0 Å². The van der Waals surface area contributed by atoms with Crippen LogP contribution in [0.3, 0.4) is 0 Å². The van der Waals surface area contributed by atoms with Gasteiger partial charge in [0.15, 0.2) is 0 Å². The van der Waals surface area contributed by atoms with E-state index in [2.05, 4.69) is 10.3 Å². The molecule has 1 aromatic rings. The van der Waals surface area contributed by atoms with Gasteiger partial charge in [0.25, 0.3) is 0 Å². The van der Waals surface area contributed by atoms with E-state index in [1.807, 2.05) is 0 Å². The van der Waals surface area contributed by atoms with Crippen LogP contribution in [0.15, 0.2) is 18.3 Å². The van der Waals surface area contributed by atoms with Gasteiger partial charge in [-0.1, -0.05) is 11.6 Å². The summed E-state index contributed by atoms with van der Waals surface area (Å²) in [5, 5.41) is 3.98. The van der Waals surface area contributed by atoms with Gasteiger partial charge < -0.3 is 10.1 Å². The lowest BCUT2D eigenvalue weighted by Crippen LogP contribution is -2.11. The van der Waals surface area contributed by atoms with Gasteiger partial charge in [-0.05, 0) is 37.9 Å². The first-order valence-corrected chi connectivity index (χ1v) is 5.67. The normalized spacial score (nSPS) is 20.5. The molecule has 1 unspecified atom stereocenters. The molecule has 4 heteroatoms. The van der Waals surface area contributed by atoms with Crippen molar-refractivity contribution in [2.75, 3.05) is 19.7 Å². The van der Waals surface area contributed by atoms with Crippen molar-refractivity contribution in [3.63, 3.8) is 0 Å². The predicted molar refractivity (Wildman–Crippen MR) is 60.3 cm³/mol. The third kappa shape index (κ3) is 3.36. The summed E-state index contributed by atoms with van der Waals surface area (Å²) in [6, 6.07) is 3.59.